The van der Waals surface area contributed by atoms with E-state index in [9.17, 15) is 4.79 Å². The number of aromatic nitrogens is 3. The zero-order valence-electron chi connectivity index (χ0n) is 9.58. The summed E-state index contributed by atoms with van der Waals surface area (Å²) in [7, 11) is 0. The predicted molar refractivity (Wildman–Crippen MR) is 70.1 cm³/mol. The van der Waals surface area contributed by atoms with Crippen LogP contribution in [0.5, 0.6) is 0 Å². The van der Waals surface area contributed by atoms with Gasteiger partial charge in [0.2, 0.25) is 0 Å². The van der Waals surface area contributed by atoms with Crippen molar-refractivity contribution in [2.45, 2.75) is 17.0 Å². The molecule has 0 spiro atoms. The standard InChI is InChI=1S/C10H11N5OS2/c1-6-14-15-10(18-6)17-5-7-3-2-4-8(12-7)9(16)13-11/h2-4H,5,11H2,1H3,(H,13,16). The Hall–Kier alpha value is -1.51. The molecule has 0 fully saturated rings. The number of amides is 1. The Kier molecular flexibility index (Phi) is 4.24. The smallest absolute Gasteiger partial charge is 0.283 e. The zero-order valence-corrected chi connectivity index (χ0v) is 11.2. The number of hydrogen-bond donors (Lipinski definition) is 2. The minimum absolute atomic E-state index is 0.309. The molecule has 6 nitrogen and oxygen atoms in total. The Morgan fingerprint density at radius 2 is 2.33 bits per heavy atom. The number of carbonyl (C=O) groups is 1. The lowest BCUT2D eigenvalue weighted by Crippen LogP contribution is -2.30. The van der Waals surface area contributed by atoms with E-state index in [2.05, 4.69) is 20.6 Å². The van der Waals surface area contributed by atoms with Gasteiger partial charge in [-0.05, 0) is 19.1 Å². The fraction of sp³-hybridized carbons (Fsp3) is 0.200. The third-order valence-electron chi connectivity index (χ3n) is 2.02. The average Bonchev–Trinajstić information content (AvgIpc) is 2.81. The van der Waals surface area contributed by atoms with Crippen LogP contribution in [0.15, 0.2) is 22.5 Å². The first-order chi connectivity index (χ1) is 8.69. The van der Waals surface area contributed by atoms with Crippen molar-refractivity contribution in [3.05, 3.63) is 34.6 Å². The van der Waals surface area contributed by atoms with Gasteiger partial charge < -0.3 is 0 Å². The number of pyridine rings is 1. The first-order valence-corrected chi connectivity index (χ1v) is 6.89. The van der Waals surface area contributed by atoms with E-state index in [-0.39, 0.29) is 0 Å². The second-order valence-corrected chi connectivity index (χ2v) is 5.77. The lowest BCUT2D eigenvalue weighted by molar-refractivity contribution is 0.0948. The summed E-state index contributed by atoms with van der Waals surface area (Å²) >= 11 is 3.08. The van der Waals surface area contributed by atoms with Gasteiger partial charge in [0.15, 0.2) is 4.34 Å². The Morgan fingerprint density at radius 1 is 1.50 bits per heavy atom. The van der Waals surface area contributed by atoms with Crippen molar-refractivity contribution >= 4 is 29.0 Å². The van der Waals surface area contributed by atoms with E-state index < -0.39 is 5.91 Å². The van der Waals surface area contributed by atoms with Crippen LogP contribution < -0.4 is 11.3 Å². The van der Waals surface area contributed by atoms with Crippen LogP contribution in [0.25, 0.3) is 0 Å². The zero-order chi connectivity index (χ0) is 13.0. The first kappa shape index (κ1) is 12.9. The van der Waals surface area contributed by atoms with Crippen molar-refractivity contribution in [3.63, 3.8) is 0 Å². The molecule has 0 bridgehead atoms. The van der Waals surface area contributed by atoms with E-state index in [0.29, 0.717) is 11.4 Å². The molecule has 0 aliphatic heterocycles. The number of nitrogens with two attached hydrogens (primary N) is 1. The highest BCUT2D eigenvalue weighted by Gasteiger charge is 2.07. The SMILES string of the molecule is Cc1nnc(SCc2cccc(C(=O)NN)n2)s1. The maximum atomic E-state index is 11.3. The van der Waals surface area contributed by atoms with Gasteiger partial charge in [-0.15, -0.1) is 10.2 Å². The molecule has 0 atom stereocenters. The van der Waals surface area contributed by atoms with Crippen molar-refractivity contribution in [2.24, 2.45) is 5.84 Å². The van der Waals surface area contributed by atoms with Gasteiger partial charge in [0.05, 0.1) is 5.69 Å². The summed E-state index contributed by atoms with van der Waals surface area (Å²) < 4.78 is 0.892. The van der Waals surface area contributed by atoms with Gasteiger partial charge >= 0.3 is 0 Å². The summed E-state index contributed by atoms with van der Waals surface area (Å²) in [5.74, 6) is 5.30. The van der Waals surface area contributed by atoms with Gasteiger partial charge in [0, 0.05) is 5.75 Å². The molecule has 2 heterocycles. The number of hydrazine groups is 1. The van der Waals surface area contributed by atoms with E-state index in [4.69, 9.17) is 5.84 Å². The van der Waals surface area contributed by atoms with Gasteiger partial charge in [-0.25, -0.2) is 10.8 Å². The number of nitrogens with one attached hydrogen (secondary N) is 1. The van der Waals surface area contributed by atoms with Crippen molar-refractivity contribution in [2.75, 3.05) is 0 Å². The van der Waals surface area contributed by atoms with Crippen LogP contribution in [-0.4, -0.2) is 21.1 Å². The van der Waals surface area contributed by atoms with E-state index in [1.165, 1.54) is 11.3 Å². The van der Waals surface area contributed by atoms with Crippen LogP contribution >= 0.6 is 23.1 Å². The van der Waals surface area contributed by atoms with E-state index in [1.807, 2.05) is 13.0 Å². The van der Waals surface area contributed by atoms with Gasteiger partial charge in [-0.2, -0.15) is 0 Å². The lowest BCUT2D eigenvalue weighted by atomic mass is 10.3. The fourth-order valence-corrected chi connectivity index (χ4v) is 2.95. The monoisotopic (exact) mass is 281 g/mol. The number of nitrogen functional groups attached to an aromatic ring is 1. The second kappa shape index (κ2) is 5.89. The summed E-state index contributed by atoms with van der Waals surface area (Å²) in [5.41, 5.74) is 3.17. The van der Waals surface area contributed by atoms with E-state index in [1.54, 1.807) is 23.9 Å². The molecule has 0 radical (unpaired) electrons. The highest BCUT2D eigenvalue weighted by atomic mass is 32.2. The summed E-state index contributed by atoms with van der Waals surface area (Å²) in [6.07, 6.45) is 0. The second-order valence-electron chi connectivity index (χ2n) is 3.36. The van der Waals surface area contributed by atoms with Crippen LogP contribution in [0, 0.1) is 6.92 Å². The number of rotatable bonds is 4. The molecule has 8 heteroatoms. The molecule has 2 aromatic heterocycles. The van der Waals surface area contributed by atoms with Gasteiger partial charge in [0.25, 0.3) is 5.91 Å². The number of nitrogens with zero attached hydrogens (tertiary/aromatic N) is 3. The van der Waals surface area contributed by atoms with Crippen LogP contribution in [-0.2, 0) is 5.75 Å². The lowest BCUT2D eigenvalue weighted by Gasteiger charge is -2.02. The van der Waals surface area contributed by atoms with Crippen LogP contribution in [0.3, 0.4) is 0 Å². The molecule has 0 aliphatic carbocycles. The maximum Gasteiger partial charge on any atom is 0.283 e. The maximum absolute atomic E-state index is 11.3. The fourth-order valence-electron chi connectivity index (χ4n) is 1.23. The largest absolute Gasteiger partial charge is 0.289 e. The molecule has 0 unspecified atom stereocenters. The average molecular weight is 281 g/mol. The molecule has 2 rings (SSSR count). The predicted octanol–water partition coefficient (Wildman–Crippen LogP) is 1.14. The summed E-state index contributed by atoms with van der Waals surface area (Å²) in [6.45, 7) is 1.91. The van der Waals surface area contributed by atoms with Crippen molar-refractivity contribution in [3.8, 4) is 0 Å². The van der Waals surface area contributed by atoms with E-state index in [0.717, 1.165) is 15.0 Å². The van der Waals surface area contributed by atoms with Crippen molar-refractivity contribution in [1.29, 1.82) is 0 Å². The van der Waals surface area contributed by atoms with Gasteiger partial charge in [-0.1, -0.05) is 29.2 Å². The molecule has 94 valence electrons. The Bertz CT molecular complexity index is 557. The molecule has 3 N–H and O–H groups in total. The number of aryl methyl sites for hydroxylation is 1. The molecular weight excluding hydrogens is 270 g/mol. The Labute approximate surface area is 112 Å². The van der Waals surface area contributed by atoms with Gasteiger partial charge in [0.1, 0.15) is 10.7 Å². The van der Waals surface area contributed by atoms with E-state index >= 15 is 0 Å². The van der Waals surface area contributed by atoms with Crippen molar-refractivity contribution in [1.82, 2.24) is 20.6 Å². The summed E-state index contributed by atoms with van der Waals surface area (Å²) in [4.78, 5) is 15.5. The third-order valence-corrected chi connectivity index (χ3v) is 4.03. The quantitative estimate of drug-likeness (QED) is 0.378. The molecule has 0 aromatic carbocycles. The molecule has 18 heavy (non-hydrogen) atoms. The topological polar surface area (TPSA) is 93.8 Å². The number of hydrogen-bond acceptors (Lipinski definition) is 7. The van der Waals surface area contributed by atoms with Crippen LogP contribution in [0.4, 0.5) is 0 Å². The molecule has 1 amide bonds. The normalized spacial score (nSPS) is 10.3. The first-order valence-electron chi connectivity index (χ1n) is 5.09. The summed E-state index contributed by atoms with van der Waals surface area (Å²) in [5, 5.41) is 8.88. The molecule has 0 aliphatic rings. The van der Waals surface area contributed by atoms with Gasteiger partial charge in [-0.3, -0.25) is 10.2 Å². The van der Waals surface area contributed by atoms with Crippen molar-refractivity contribution < 1.29 is 4.79 Å². The highest BCUT2D eigenvalue weighted by Crippen LogP contribution is 2.24. The number of thioether (sulfide) groups is 1. The molecule has 2 aromatic rings. The van der Waals surface area contributed by atoms with Crippen LogP contribution in [0.2, 0.25) is 0 Å². The minimum atomic E-state index is -0.395. The Balaban J connectivity index is 2.03. The molecule has 0 saturated heterocycles. The number of carbonyl (C=O) groups excluding carboxylic acids is 1. The Morgan fingerprint density at radius 3 is 3.00 bits per heavy atom. The highest BCUT2D eigenvalue weighted by molar-refractivity contribution is 8.00. The summed E-state index contributed by atoms with van der Waals surface area (Å²) in [6, 6.07) is 5.25. The van der Waals surface area contributed by atoms with Crippen LogP contribution in [0.1, 0.15) is 21.2 Å². The third kappa shape index (κ3) is 3.25. The molecular formula is C10H11N5OS2. The minimum Gasteiger partial charge on any atom is -0.289 e. The molecule has 0 saturated carbocycles.